The van der Waals surface area contributed by atoms with Gasteiger partial charge in [0.15, 0.2) is 0 Å². The number of piperidine rings is 1. The standard InChI is InChI=1S/C24H33N3O3S/c1-3-27(4-2)31(29,30)23-14-10-13-20(17-23)24(28)25-18-21-11-6-7-12-22(21)19-26-15-8-5-9-16-26/h6-7,10-14,17H,3-5,8-9,15-16,18-19H2,1-2H3,(H,25,28). The van der Waals surface area contributed by atoms with Gasteiger partial charge in [-0.1, -0.05) is 50.6 Å². The second-order valence-corrected chi connectivity index (χ2v) is 9.84. The van der Waals surface area contributed by atoms with E-state index in [0.717, 1.165) is 25.2 Å². The maximum absolute atomic E-state index is 12.8. The SMILES string of the molecule is CCN(CC)S(=O)(=O)c1cccc(C(=O)NCc2ccccc2CN2CCCCC2)c1. The second-order valence-electron chi connectivity index (χ2n) is 7.91. The van der Waals surface area contributed by atoms with Crippen LogP contribution in [0, 0.1) is 0 Å². The summed E-state index contributed by atoms with van der Waals surface area (Å²) in [5.74, 6) is -0.274. The Hall–Kier alpha value is -2.22. The van der Waals surface area contributed by atoms with E-state index in [1.807, 2.05) is 18.2 Å². The van der Waals surface area contributed by atoms with Crippen molar-refractivity contribution in [3.63, 3.8) is 0 Å². The van der Waals surface area contributed by atoms with Crippen molar-refractivity contribution in [2.45, 2.75) is 51.1 Å². The third-order valence-corrected chi connectivity index (χ3v) is 7.89. The van der Waals surface area contributed by atoms with Crippen LogP contribution in [0.3, 0.4) is 0 Å². The fraction of sp³-hybridized carbons (Fsp3) is 0.458. The van der Waals surface area contributed by atoms with Gasteiger partial charge in [0.2, 0.25) is 10.0 Å². The molecule has 6 nitrogen and oxygen atoms in total. The van der Waals surface area contributed by atoms with E-state index in [1.54, 1.807) is 32.0 Å². The van der Waals surface area contributed by atoms with Crippen molar-refractivity contribution >= 4 is 15.9 Å². The molecule has 7 heteroatoms. The molecular weight excluding hydrogens is 410 g/mol. The molecule has 0 atom stereocenters. The summed E-state index contributed by atoms with van der Waals surface area (Å²) >= 11 is 0. The van der Waals surface area contributed by atoms with Crippen LogP contribution in [0.5, 0.6) is 0 Å². The van der Waals surface area contributed by atoms with E-state index in [0.29, 0.717) is 25.2 Å². The molecule has 2 aromatic carbocycles. The zero-order valence-corrected chi connectivity index (χ0v) is 19.3. The van der Waals surface area contributed by atoms with Crippen molar-refractivity contribution in [1.82, 2.24) is 14.5 Å². The van der Waals surface area contributed by atoms with Gasteiger partial charge in [0.05, 0.1) is 4.90 Å². The van der Waals surface area contributed by atoms with Crippen LogP contribution in [-0.2, 0) is 23.1 Å². The first-order valence-corrected chi connectivity index (χ1v) is 12.6. The molecule has 1 heterocycles. The minimum absolute atomic E-state index is 0.148. The van der Waals surface area contributed by atoms with Crippen LogP contribution in [0.2, 0.25) is 0 Å². The summed E-state index contributed by atoms with van der Waals surface area (Å²) < 4.78 is 26.9. The van der Waals surface area contributed by atoms with E-state index in [9.17, 15) is 13.2 Å². The van der Waals surface area contributed by atoms with Gasteiger partial charge in [0.1, 0.15) is 0 Å². The van der Waals surface area contributed by atoms with E-state index in [2.05, 4.69) is 16.3 Å². The molecule has 0 radical (unpaired) electrons. The van der Waals surface area contributed by atoms with Crippen molar-refractivity contribution in [2.75, 3.05) is 26.2 Å². The van der Waals surface area contributed by atoms with Crippen LogP contribution in [0.25, 0.3) is 0 Å². The molecule has 0 saturated carbocycles. The van der Waals surface area contributed by atoms with Crippen LogP contribution >= 0.6 is 0 Å². The third-order valence-electron chi connectivity index (χ3n) is 5.84. The van der Waals surface area contributed by atoms with Crippen molar-refractivity contribution in [3.05, 3.63) is 65.2 Å². The van der Waals surface area contributed by atoms with E-state index in [4.69, 9.17) is 0 Å². The van der Waals surface area contributed by atoms with Crippen molar-refractivity contribution in [2.24, 2.45) is 0 Å². The fourth-order valence-corrected chi connectivity index (χ4v) is 5.53. The Morgan fingerprint density at radius 3 is 2.32 bits per heavy atom. The fourth-order valence-electron chi connectivity index (χ4n) is 4.03. The Morgan fingerprint density at radius 1 is 0.968 bits per heavy atom. The highest BCUT2D eigenvalue weighted by Gasteiger charge is 2.22. The van der Waals surface area contributed by atoms with Crippen LogP contribution in [0.15, 0.2) is 53.4 Å². The monoisotopic (exact) mass is 443 g/mol. The summed E-state index contributed by atoms with van der Waals surface area (Å²) in [6.07, 6.45) is 3.79. The van der Waals surface area contributed by atoms with Gasteiger partial charge in [-0.05, 0) is 55.3 Å². The molecule has 1 N–H and O–H groups in total. The minimum atomic E-state index is -3.60. The molecule has 1 aliphatic heterocycles. The van der Waals surface area contributed by atoms with Crippen LogP contribution in [0.4, 0.5) is 0 Å². The molecule has 1 saturated heterocycles. The molecule has 168 valence electrons. The van der Waals surface area contributed by atoms with Crippen LogP contribution < -0.4 is 5.32 Å². The lowest BCUT2D eigenvalue weighted by Gasteiger charge is -2.27. The van der Waals surface area contributed by atoms with E-state index in [1.165, 1.54) is 35.2 Å². The molecule has 2 aromatic rings. The molecule has 0 aromatic heterocycles. The third kappa shape index (κ3) is 5.93. The van der Waals surface area contributed by atoms with Gasteiger partial charge in [0, 0.05) is 31.7 Å². The number of rotatable bonds is 9. The summed E-state index contributed by atoms with van der Waals surface area (Å²) in [7, 11) is -3.60. The number of sulfonamides is 1. The smallest absolute Gasteiger partial charge is 0.251 e. The van der Waals surface area contributed by atoms with Gasteiger partial charge in [-0.25, -0.2) is 8.42 Å². The summed E-state index contributed by atoms with van der Waals surface area (Å²) in [6.45, 7) is 7.94. The average molecular weight is 444 g/mol. The van der Waals surface area contributed by atoms with Gasteiger partial charge >= 0.3 is 0 Å². The van der Waals surface area contributed by atoms with Crippen LogP contribution in [0.1, 0.15) is 54.6 Å². The first-order valence-electron chi connectivity index (χ1n) is 11.1. The number of nitrogens with zero attached hydrogens (tertiary/aromatic N) is 2. The second kappa shape index (κ2) is 10.9. The highest BCUT2D eigenvalue weighted by Crippen LogP contribution is 2.18. The molecule has 0 unspecified atom stereocenters. The average Bonchev–Trinajstić information content (AvgIpc) is 2.79. The Balaban J connectivity index is 1.69. The zero-order chi connectivity index (χ0) is 22.3. The lowest BCUT2D eigenvalue weighted by Crippen LogP contribution is -2.31. The van der Waals surface area contributed by atoms with Crippen molar-refractivity contribution < 1.29 is 13.2 Å². The Bertz CT molecular complexity index is 981. The number of benzene rings is 2. The van der Waals surface area contributed by atoms with E-state index >= 15 is 0 Å². The Morgan fingerprint density at radius 2 is 1.65 bits per heavy atom. The number of carbonyl (C=O) groups is 1. The molecule has 0 bridgehead atoms. The maximum Gasteiger partial charge on any atom is 0.251 e. The maximum atomic E-state index is 12.8. The molecule has 3 rings (SSSR count). The number of nitrogens with one attached hydrogen (secondary N) is 1. The summed E-state index contributed by atoms with van der Waals surface area (Å²) in [4.78, 5) is 15.4. The number of carbonyl (C=O) groups excluding carboxylic acids is 1. The quantitative estimate of drug-likeness (QED) is 0.643. The zero-order valence-electron chi connectivity index (χ0n) is 18.5. The highest BCUT2D eigenvalue weighted by atomic mass is 32.2. The lowest BCUT2D eigenvalue weighted by atomic mass is 10.0. The van der Waals surface area contributed by atoms with Gasteiger partial charge in [-0.3, -0.25) is 9.69 Å². The van der Waals surface area contributed by atoms with Gasteiger partial charge < -0.3 is 5.32 Å². The topological polar surface area (TPSA) is 69.7 Å². The van der Waals surface area contributed by atoms with Crippen molar-refractivity contribution in [1.29, 1.82) is 0 Å². The first-order chi connectivity index (χ1) is 15.0. The predicted molar refractivity (Wildman–Crippen MR) is 123 cm³/mol. The normalized spacial score (nSPS) is 15.2. The number of amides is 1. The van der Waals surface area contributed by atoms with Crippen LogP contribution in [-0.4, -0.2) is 49.7 Å². The van der Waals surface area contributed by atoms with E-state index < -0.39 is 10.0 Å². The van der Waals surface area contributed by atoms with Gasteiger partial charge in [-0.15, -0.1) is 0 Å². The molecule has 31 heavy (non-hydrogen) atoms. The summed E-state index contributed by atoms with van der Waals surface area (Å²) in [6, 6.07) is 14.5. The number of hydrogen-bond acceptors (Lipinski definition) is 4. The molecular formula is C24H33N3O3S. The van der Waals surface area contributed by atoms with Gasteiger partial charge in [0.25, 0.3) is 5.91 Å². The Labute approximate surface area is 186 Å². The molecule has 1 amide bonds. The highest BCUT2D eigenvalue weighted by molar-refractivity contribution is 7.89. The van der Waals surface area contributed by atoms with Crippen molar-refractivity contribution in [3.8, 4) is 0 Å². The molecule has 0 aliphatic carbocycles. The molecule has 0 spiro atoms. The number of likely N-dealkylation sites (tertiary alicyclic amines) is 1. The predicted octanol–water partition coefficient (Wildman–Crippen LogP) is 3.63. The van der Waals surface area contributed by atoms with E-state index in [-0.39, 0.29) is 10.8 Å². The summed E-state index contributed by atoms with van der Waals surface area (Å²) in [5.41, 5.74) is 2.66. The summed E-state index contributed by atoms with van der Waals surface area (Å²) in [5, 5.41) is 2.96. The largest absolute Gasteiger partial charge is 0.348 e. The molecule has 1 aliphatic rings. The Kier molecular flexibility index (Phi) is 8.23. The minimum Gasteiger partial charge on any atom is -0.348 e. The number of hydrogen-bond donors (Lipinski definition) is 1. The lowest BCUT2D eigenvalue weighted by molar-refractivity contribution is 0.0950. The molecule has 1 fully saturated rings. The first kappa shape index (κ1) is 23.4. The van der Waals surface area contributed by atoms with Gasteiger partial charge in [-0.2, -0.15) is 4.31 Å².